The van der Waals surface area contributed by atoms with Gasteiger partial charge in [-0.3, -0.25) is 9.69 Å². The SMILES string of the molecule is C=CCN1C(=O)NC(c2ccccc2F)C2=C1CN(CC(C)C)C2=O. The summed E-state index contributed by atoms with van der Waals surface area (Å²) in [6, 6.07) is 5.12. The molecule has 0 aromatic heterocycles. The third-order valence-corrected chi connectivity index (χ3v) is 4.41. The van der Waals surface area contributed by atoms with Crippen molar-refractivity contribution in [3.8, 4) is 0 Å². The van der Waals surface area contributed by atoms with Crippen molar-refractivity contribution in [3.63, 3.8) is 0 Å². The van der Waals surface area contributed by atoms with Gasteiger partial charge >= 0.3 is 6.03 Å². The molecular weight excluding hydrogens is 321 g/mol. The van der Waals surface area contributed by atoms with Crippen molar-refractivity contribution in [1.82, 2.24) is 15.1 Å². The summed E-state index contributed by atoms with van der Waals surface area (Å²) in [4.78, 5) is 28.7. The maximum atomic E-state index is 14.3. The number of hydrogen-bond donors (Lipinski definition) is 1. The molecule has 1 aromatic rings. The lowest BCUT2D eigenvalue weighted by molar-refractivity contribution is -0.126. The minimum Gasteiger partial charge on any atom is -0.333 e. The number of urea groups is 1. The zero-order valence-corrected chi connectivity index (χ0v) is 14.5. The number of benzene rings is 1. The van der Waals surface area contributed by atoms with E-state index in [1.165, 1.54) is 11.0 Å². The predicted molar refractivity (Wildman–Crippen MR) is 93.0 cm³/mol. The van der Waals surface area contributed by atoms with Gasteiger partial charge in [0, 0.05) is 18.7 Å². The van der Waals surface area contributed by atoms with Crippen molar-refractivity contribution in [2.45, 2.75) is 19.9 Å². The molecule has 0 spiro atoms. The first-order valence-corrected chi connectivity index (χ1v) is 8.39. The number of hydrogen-bond acceptors (Lipinski definition) is 2. The molecule has 2 heterocycles. The number of nitrogens with one attached hydrogen (secondary N) is 1. The van der Waals surface area contributed by atoms with Crippen molar-refractivity contribution in [2.75, 3.05) is 19.6 Å². The fraction of sp³-hybridized carbons (Fsp3) is 0.368. The second kappa shape index (κ2) is 6.70. The van der Waals surface area contributed by atoms with Crippen LogP contribution in [0.25, 0.3) is 0 Å². The molecule has 5 nitrogen and oxygen atoms in total. The Bertz CT molecular complexity index is 757. The van der Waals surface area contributed by atoms with Gasteiger partial charge in [-0.2, -0.15) is 0 Å². The summed E-state index contributed by atoms with van der Waals surface area (Å²) in [5.41, 5.74) is 1.40. The first kappa shape index (κ1) is 17.2. The van der Waals surface area contributed by atoms with E-state index in [-0.39, 0.29) is 11.9 Å². The number of amides is 3. The minimum atomic E-state index is -0.769. The molecular formula is C19H22FN3O2. The van der Waals surface area contributed by atoms with Crippen LogP contribution in [0.1, 0.15) is 25.5 Å². The Kier molecular flexibility index (Phi) is 4.61. The molecule has 0 fully saturated rings. The zero-order chi connectivity index (χ0) is 18.1. The lowest BCUT2D eigenvalue weighted by Gasteiger charge is -2.33. The van der Waals surface area contributed by atoms with Gasteiger partial charge in [0.25, 0.3) is 5.91 Å². The van der Waals surface area contributed by atoms with Crippen LogP contribution in [-0.4, -0.2) is 41.4 Å². The van der Waals surface area contributed by atoms with Gasteiger partial charge in [0.2, 0.25) is 0 Å². The van der Waals surface area contributed by atoms with E-state index in [4.69, 9.17) is 0 Å². The summed E-state index contributed by atoms with van der Waals surface area (Å²) in [7, 11) is 0. The smallest absolute Gasteiger partial charge is 0.322 e. The van der Waals surface area contributed by atoms with Gasteiger partial charge in [-0.1, -0.05) is 38.1 Å². The lowest BCUT2D eigenvalue weighted by atomic mass is 9.95. The molecule has 2 aliphatic heterocycles. The lowest BCUT2D eigenvalue weighted by Crippen LogP contribution is -2.47. The zero-order valence-electron chi connectivity index (χ0n) is 14.5. The average Bonchev–Trinajstić information content (AvgIpc) is 2.87. The van der Waals surface area contributed by atoms with Crippen molar-refractivity contribution >= 4 is 11.9 Å². The third kappa shape index (κ3) is 3.04. The van der Waals surface area contributed by atoms with Crippen molar-refractivity contribution in [3.05, 3.63) is 59.6 Å². The van der Waals surface area contributed by atoms with Crippen LogP contribution in [-0.2, 0) is 4.79 Å². The highest BCUT2D eigenvalue weighted by Crippen LogP contribution is 2.37. The first-order valence-electron chi connectivity index (χ1n) is 8.39. The molecule has 0 saturated carbocycles. The largest absolute Gasteiger partial charge is 0.333 e. The second-order valence-corrected chi connectivity index (χ2v) is 6.74. The van der Waals surface area contributed by atoms with E-state index in [1.807, 2.05) is 13.8 Å². The van der Waals surface area contributed by atoms with Gasteiger partial charge in [-0.15, -0.1) is 6.58 Å². The van der Waals surface area contributed by atoms with Gasteiger partial charge in [-0.25, -0.2) is 9.18 Å². The highest BCUT2D eigenvalue weighted by Gasteiger charge is 2.44. The van der Waals surface area contributed by atoms with Gasteiger partial charge in [0.15, 0.2) is 0 Å². The van der Waals surface area contributed by atoms with Gasteiger partial charge in [0.1, 0.15) is 5.82 Å². The van der Waals surface area contributed by atoms with Crippen molar-refractivity contribution in [2.24, 2.45) is 5.92 Å². The number of rotatable bonds is 5. The topological polar surface area (TPSA) is 52.7 Å². The normalized spacial score (nSPS) is 20.2. The molecule has 6 heteroatoms. The quantitative estimate of drug-likeness (QED) is 0.836. The van der Waals surface area contributed by atoms with E-state index in [2.05, 4.69) is 11.9 Å². The number of carbonyl (C=O) groups is 2. The van der Waals surface area contributed by atoms with E-state index in [1.54, 1.807) is 29.2 Å². The monoisotopic (exact) mass is 343 g/mol. The summed E-state index contributed by atoms with van der Waals surface area (Å²) in [5, 5.41) is 2.78. The average molecular weight is 343 g/mol. The molecule has 3 amide bonds. The number of carbonyl (C=O) groups excluding carboxylic acids is 2. The molecule has 132 valence electrons. The van der Waals surface area contributed by atoms with E-state index >= 15 is 0 Å². The summed E-state index contributed by atoms with van der Waals surface area (Å²) < 4.78 is 14.3. The van der Waals surface area contributed by atoms with Crippen LogP contribution in [0, 0.1) is 11.7 Å². The van der Waals surface area contributed by atoms with Crippen LogP contribution in [0.3, 0.4) is 0 Å². The Labute approximate surface area is 146 Å². The van der Waals surface area contributed by atoms with Gasteiger partial charge < -0.3 is 10.2 Å². The molecule has 25 heavy (non-hydrogen) atoms. The molecule has 0 saturated heterocycles. The van der Waals surface area contributed by atoms with Crippen LogP contribution in [0.2, 0.25) is 0 Å². The molecule has 1 aromatic carbocycles. The highest BCUT2D eigenvalue weighted by atomic mass is 19.1. The third-order valence-electron chi connectivity index (χ3n) is 4.41. The number of nitrogens with zero attached hydrogens (tertiary/aromatic N) is 2. The second-order valence-electron chi connectivity index (χ2n) is 6.74. The fourth-order valence-electron chi connectivity index (χ4n) is 3.40. The maximum Gasteiger partial charge on any atom is 0.322 e. The van der Waals surface area contributed by atoms with Crippen LogP contribution in [0.15, 0.2) is 48.2 Å². The molecule has 0 aliphatic carbocycles. The van der Waals surface area contributed by atoms with E-state index in [0.717, 1.165) is 0 Å². The molecule has 1 N–H and O–H groups in total. The van der Waals surface area contributed by atoms with E-state index < -0.39 is 11.9 Å². The Hall–Kier alpha value is -2.63. The minimum absolute atomic E-state index is 0.147. The summed E-state index contributed by atoms with van der Waals surface area (Å²) in [5.74, 6) is -0.285. The Morgan fingerprint density at radius 2 is 2.08 bits per heavy atom. The Morgan fingerprint density at radius 1 is 1.36 bits per heavy atom. The van der Waals surface area contributed by atoms with Crippen molar-refractivity contribution < 1.29 is 14.0 Å². The van der Waals surface area contributed by atoms with Crippen molar-refractivity contribution in [1.29, 1.82) is 0 Å². The molecule has 0 bridgehead atoms. The molecule has 1 unspecified atom stereocenters. The molecule has 0 radical (unpaired) electrons. The van der Waals surface area contributed by atoms with Crippen LogP contribution >= 0.6 is 0 Å². The Balaban J connectivity index is 2.06. The highest BCUT2D eigenvalue weighted by molar-refractivity contribution is 6.01. The molecule has 2 aliphatic rings. The standard InChI is InChI=1S/C19H22FN3O2/c1-4-9-23-15-11-22(10-12(2)3)18(24)16(15)17(21-19(23)25)13-7-5-6-8-14(13)20/h4-8,12,17H,1,9-11H2,2-3H3,(H,21,25). The number of halogens is 1. The van der Waals surface area contributed by atoms with Gasteiger partial charge in [-0.05, 0) is 12.0 Å². The first-order chi connectivity index (χ1) is 11.9. The summed E-state index contributed by atoms with van der Waals surface area (Å²) in [6.45, 7) is 8.99. The molecule has 3 rings (SSSR count). The fourth-order valence-corrected chi connectivity index (χ4v) is 3.40. The summed E-state index contributed by atoms with van der Waals surface area (Å²) in [6.07, 6.45) is 1.61. The predicted octanol–water partition coefficient (Wildman–Crippen LogP) is 2.83. The van der Waals surface area contributed by atoms with E-state index in [0.29, 0.717) is 42.4 Å². The van der Waals surface area contributed by atoms with E-state index in [9.17, 15) is 14.0 Å². The van der Waals surface area contributed by atoms with Crippen LogP contribution in [0.4, 0.5) is 9.18 Å². The summed E-state index contributed by atoms with van der Waals surface area (Å²) >= 11 is 0. The Morgan fingerprint density at radius 3 is 2.72 bits per heavy atom. The molecule has 1 atom stereocenters. The maximum absolute atomic E-state index is 14.3. The van der Waals surface area contributed by atoms with Crippen LogP contribution in [0.5, 0.6) is 0 Å². The van der Waals surface area contributed by atoms with Crippen LogP contribution < -0.4 is 5.32 Å². The van der Waals surface area contributed by atoms with Gasteiger partial charge in [0.05, 0.1) is 23.9 Å².